The Morgan fingerprint density at radius 1 is 1.30 bits per heavy atom. The zero-order valence-corrected chi connectivity index (χ0v) is 11.5. The van der Waals surface area contributed by atoms with Crippen molar-refractivity contribution in [3.05, 3.63) is 36.0 Å². The molecule has 4 heteroatoms. The monoisotopic (exact) mass is 272 g/mol. The van der Waals surface area contributed by atoms with Crippen molar-refractivity contribution >= 4 is 16.8 Å². The number of hydrogen-bond acceptors (Lipinski definition) is 2. The van der Waals surface area contributed by atoms with Gasteiger partial charge in [-0.25, -0.2) is 0 Å². The molecule has 0 saturated heterocycles. The molecule has 1 aromatic heterocycles. The van der Waals surface area contributed by atoms with Crippen LogP contribution in [0.25, 0.3) is 10.9 Å². The molecule has 0 spiro atoms. The van der Waals surface area contributed by atoms with Gasteiger partial charge < -0.3 is 15.0 Å². The van der Waals surface area contributed by atoms with Crippen molar-refractivity contribution in [2.24, 2.45) is 0 Å². The zero-order chi connectivity index (χ0) is 13.8. The summed E-state index contributed by atoms with van der Waals surface area (Å²) in [7, 11) is 0. The first-order valence-electron chi connectivity index (χ1n) is 7.30. The van der Waals surface area contributed by atoms with Gasteiger partial charge in [0.05, 0.1) is 23.8 Å². The van der Waals surface area contributed by atoms with Crippen LogP contribution in [0.4, 0.5) is 0 Å². The summed E-state index contributed by atoms with van der Waals surface area (Å²) in [5.74, 6) is -0.0481. The van der Waals surface area contributed by atoms with Crippen molar-refractivity contribution in [3.63, 3.8) is 0 Å². The lowest BCUT2D eigenvalue weighted by molar-refractivity contribution is 0.0582. The maximum absolute atomic E-state index is 12.2. The van der Waals surface area contributed by atoms with E-state index < -0.39 is 0 Å². The Hall–Kier alpha value is -1.81. The summed E-state index contributed by atoms with van der Waals surface area (Å²) in [5.41, 5.74) is 1.58. The van der Waals surface area contributed by atoms with Crippen molar-refractivity contribution < 1.29 is 9.53 Å². The highest BCUT2D eigenvalue weighted by atomic mass is 16.5. The van der Waals surface area contributed by atoms with Crippen LogP contribution in [-0.2, 0) is 4.74 Å². The van der Waals surface area contributed by atoms with E-state index in [0.717, 1.165) is 23.7 Å². The lowest BCUT2D eigenvalue weighted by Crippen LogP contribution is -2.28. The van der Waals surface area contributed by atoms with Crippen LogP contribution in [0.3, 0.4) is 0 Å². The minimum atomic E-state index is -0.0481. The molecule has 20 heavy (non-hydrogen) atoms. The van der Waals surface area contributed by atoms with E-state index in [2.05, 4.69) is 10.3 Å². The first-order valence-corrected chi connectivity index (χ1v) is 7.30. The zero-order valence-electron chi connectivity index (χ0n) is 11.5. The van der Waals surface area contributed by atoms with Crippen LogP contribution in [0.1, 0.15) is 36.0 Å². The van der Waals surface area contributed by atoms with Crippen LogP contribution in [-0.4, -0.2) is 30.1 Å². The maximum Gasteiger partial charge on any atom is 0.253 e. The minimum absolute atomic E-state index is 0.0481. The van der Waals surface area contributed by atoms with Crippen LogP contribution < -0.4 is 5.32 Å². The molecule has 1 saturated carbocycles. The highest BCUT2D eigenvalue weighted by molar-refractivity contribution is 6.05. The summed E-state index contributed by atoms with van der Waals surface area (Å²) < 4.78 is 5.74. The number of nitrogens with one attached hydrogen (secondary N) is 2. The number of carbonyl (C=O) groups is 1. The first kappa shape index (κ1) is 13.2. The molecular weight excluding hydrogens is 252 g/mol. The quantitative estimate of drug-likeness (QED) is 0.822. The van der Waals surface area contributed by atoms with E-state index >= 15 is 0 Å². The third-order valence-electron chi connectivity index (χ3n) is 3.88. The van der Waals surface area contributed by atoms with Gasteiger partial charge in [-0.2, -0.15) is 0 Å². The second kappa shape index (κ2) is 6.09. The highest BCUT2D eigenvalue weighted by Gasteiger charge is 2.15. The van der Waals surface area contributed by atoms with Gasteiger partial charge in [0, 0.05) is 18.1 Å². The van der Waals surface area contributed by atoms with E-state index in [-0.39, 0.29) is 5.91 Å². The van der Waals surface area contributed by atoms with Gasteiger partial charge >= 0.3 is 0 Å². The normalized spacial score (nSPS) is 15.8. The number of H-pyrrole nitrogens is 1. The van der Waals surface area contributed by atoms with Gasteiger partial charge in [0.15, 0.2) is 0 Å². The summed E-state index contributed by atoms with van der Waals surface area (Å²) in [6.07, 6.45) is 7.12. The molecule has 1 fully saturated rings. The number of rotatable bonds is 5. The second-order valence-electron chi connectivity index (χ2n) is 5.28. The minimum Gasteiger partial charge on any atom is -0.376 e. The van der Waals surface area contributed by atoms with E-state index in [1.165, 1.54) is 12.8 Å². The number of fused-ring (bicyclic) bond motifs is 1. The smallest absolute Gasteiger partial charge is 0.253 e. The molecule has 0 bridgehead atoms. The van der Waals surface area contributed by atoms with Crippen molar-refractivity contribution in [2.45, 2.75) is 31.8 Å². The molecule has 0 atom stereocenters. The number of benzene rings is 1. The Balaban J connectivity index is 1.52. The Kier molecular flexibility index (Phi) is 4.02. The standard InChI is InChI=1S/C16H20N2O2/c19-16(18-10-11-20-13-5-1-2-6-13)14-7-3-4-12-8-9-17-15(12)14/h3-4,7-9,13,17H,1-2,5-6,10-11H2,(H,18,19). The average Bonchev–Trinajstić information content (AvgIpc) is 3.13. The Morgan fingerprint density at radius 3 is 3.00 bits per heavy atom. The van der Waals surface area contributed by atoms with Gasteiger partial charge in [0.25, 0.3) is 5.91 Å². The van der Waals surface area contributed by atoms with Gasteiger partial charge in [-0.05, 0) is 25.0 Å². The van der Waals surface area contributed by atoms with Crippen molar-refractivity contribution in [2.75, 3.05) is 13.2 Å². The van der Waals surface area contributed by atoms with Crippen LogP contribution in [0.2, 0.25) is 0 Å². The molecule has 3 rings (SSSR count). The lowest BCUT2D eigenvalue weighted by atomic mass is 10.1. The van der Waals surface area contributed by atoms with Gasteiger partial charge in [-0.3, -0.25) is 4.79 Å². The Labute approximate surface area is 118 Å². The molecule has 4 nitrogen and oxygen atoms in total. The van der Waals surface area contributed by atoms with E-state index in [0.29, 0.717) is 24.8 Å². The molecule has 1 aliphatic carbocycles. The van der Waals surface area contributed by atoms with Crippen molar-refractivity contribution in [1.82, 2.24) is 10.3 Å². The summed E-state index contributed by atoms with van der Waals surface area (Å²) in [4.78, 5) is 15.3. The summed E-state index contributed by atoms with van der Waals surface area (Å²) in [6.45, 7) is 1.16. The predicted molar refractivity (Wildman–Crippen MR) is 78.8 cm³/mol. The predicted octanol–water partition coefficient (Wildman–Crippen LogP) is 2.86. The molecule has 1 heterocycles. The Bertz CT molecular complexity index is 585. The van der Waals surface area contributed by atoms with Crippen LogP contribution >= 0.6 is 0 Å². The van der Waals surface area contributed by atoms with Gasteiger partial charge in [0.2, 0.25) is 0 Å². The molecule has 0 unspecified atom stereocenters. The van der Waals surface area contributed by atoms with Crippen LogP contribution in [0.15, 0.2) is 30.5 Å². The first-order chi connectivity index (χ1) is 9.84. The van der Waals surface area contributed by atoms with Gasteiger partial charge in [-0.1, -0.05) is 25.0 Å². The average molecular weight is 272 g/mol. The third kappa shape index (κ3) is 2.85. The fourth-order valence-corrected chi connectivity index (χ4v) is 2.81. The molecule has 2 N–H and O–H groups in total. The molecule has 0 radical (unpaired) electrons. The number of para-hydroxylation sites is 1. The van der Waals surface area contributed by atoms with Crippen molar-refractivity contribution in [3.8, 4) is 0 Å². The van der Waals surface area contributed by atoms with E-state index in [9.17, 15) is 4.79 Å². The topological polar surface area (TPSA) is 54.1 Å². The SMILES string of the molecule is O=C(NCCOC1CCCC1)c1cccc2cc[nH]c12. The summed E-state index contributed by atoms with van der Waals surface area (Å²) in [5, 5.41) is 3.98. The number of aromatic nitrogens is 1. The van der Waals surface area contributed by atoms with Crippen molar-refractivity contribution in [1.29, 1.82) is 0 Å². The highest BCUT2D eigenvalue weighted by Crippen LogP contribution is 2.20. The fourth-order valence-electron chi connectivity index (χ4n) is 2.81. The number of hydrogen-bond donors (Lipinski definition) is 2. The second-order valence-corrected chi connectivity index (χ2v) is 5.28. The number of ether oxygens (including phenoxy) is 1. The molecule has 2 aromatic rings. The molecular formula is C16H20N2O2. The van der Waals surface area contributed by atoms with E-state index in [1.807, 2.05) is 30.5 Å². The van der Waals surface area contributed by atoms with Gasteiger partial charge in [-0.15, -0.1) is 0 Å². The maximum atomic E-state index is 12.2. The van der Waals surface area contributed by atoms with Crippen LogP contribution in [0.5, 0.6) is 0 Å². The molecule has 1 aromatic carbocycles. The fraction of sp³-hybridized carbons (Fsp3) is 0.438. The molecule has 106 valence electrons. The number of aromatic amines is 1. The van der Waals surface area contributed by atoms with E-state index in [1.54, 1.807) is 0 Å². The lowest BCUT2D eigenvalue weighted by Gasteiger charge is -2.11. The number of amides is 1. The summed E-state index contributed by atoms with van der Waals surface area (Å²) >= 11 is 0. The van der Waals surface area contributed by atoms with Crippen LogP contribution in [0, 0.1) is 0 Å². The molecule has 1 amide bonds. The van der Waals surface area contributed by atoms with E-state index in [4.69, 9.17) is 4.74 Å². The molecule has 0 aliphatic heterocycles. The Morgan fingerprint density at radius 2 is 2.15 bits per heavy atom. The third-order valence-corrected chi connectivity index (χ3v) is 3.88. The number of carbonyl (C=O) groups excluding carboxylic acids is 1. The molecule has 1 aliphatic rings. The largest absolute Gasteiger partial charge is 0.376 e. The summed E-state index contributed by atoms with van der Waals surface area (Å²) in [6, 6.07) is 7.70. The van der Waals surface area contributed by atoms with Gasteiger partial charge in [0.1, 0.15) is 0 Å².